The van der Waals surface area contributed by atoms with Gasteiger partial charge in [-0.15, -0.1) is 0 Å². The number of nitrogens with zero attached hydrogens (tertiary/aromatic N) is 2. The van der Waals surface area contributed by atoms with E-state index in [0.29, 0.717) is 17.0 Å². The summed E-state index contributed by atoms with van der Waals surface area (Å²) in [6.07, 6.45) is -5.05. The van der Waals surface area contributed by atoms with Gasteiger partial charge in [-0.2, -0.15) is 13.2 Å². The standard InChI is InChI=1S/C19H16F5N3O4S/c1-18(2)16(28)27(12-5-6-14(21)13(8-12)19(22,23)24)17(29)26(18)9-10-3-4-11(20)7-15(10)25-32(30)31/h3-8,25H,9H2,1-2H3,(H,30,31)/p-1. The minimum Gasteiger partial charge on any atom is -0.755 e. The van der Waals surface area contributed by atoms with Gasteiger partial charge in [0.2, 0.25) is 0 Å². The average Bonchev–Trinajstić information content (AvgIpc) is 2.82. The van der Waals surface area contributed by atoms with Gasteiger partial charge >= 0.3 is 12.2 Å². The molecule has 3 amide bonds. The molecular formula is C19H15F5N3O4S-. The zero-order chi connectivity index (χ0) is 24.0. The van der Waals surface area contributed by atoms with Crippen molar-refractivity contribution < 1.29 is 40.3 Å². The molecule has 0 aromatic heterocycles. The lowest BCUT2D eigenvalue weighted by atomic mass is 10.0. The van der Waals surface area contributed by atoms with Gasteiger partial charge in [-0.05, 0) is 49.7 Å². The van der Waals surface area contributed by atoms with E-state index in [9.17, 15) is 40.3 Å². The third kappa shape index (κ3) is 4.30. The number of rotatable bonds is 5. The van der Waals surface area contributed by atoms with E-state index in [1.165, 1.54) is 19.9 Å². The lowest BCUT2D eigenvalue weighted by Gasteiger charge is -2.28. The molecule has 13 heteroatoms. The molecule has 0 aliphatic carbocycles. The van der Waals surface area contributed by atoms with E-state index in [0.717, 1.165) is 23.1 Å². The lowest BCUT2D eigenvalue weighted by molar-refractivity contribution is -0.140. The Bertz CT molecular complexity index is 1120. The normalized spacial score (nSPS) is 17.1. The van der Waals surface area contributed by atoms with Crippen LogP contribution in [0.1, 0.15) is 25.0 Å². The molecule has 1 aliphatic rings. The first-order chi connectivity index (χ1) is 14.7. The topological polar surface area (TPSA) is 92.8 Å². The maximum Gasteiger partial charge on any atom is 0.419 e. The Balaban J connectivity index is 2.01. The second-order valence-corrected chi connectivity index (χ2v) is 8.04. The summed E-state index contributed by atoms with van der Waals surface area (Å²) in [6.45, 7) is 2.30. The molecular weight excluding hydrogens is 461 g/mol. The molecule has 1 fully saturated rings. The quantitative estimate of drug-likeness (QED) is 0.402. The number of imide groups is 1. The number of halogens is 5. The molecule has 1 atom stereocenters. The Labute approximate surface area is 181 Å². The molecule has 2 aromatic carbocycles. The molecule has 32 heavy (non-hydrogen) atoms. The van der Waals surface area contributed by atoms with E-state index in [1.807, 2.05) is 4.72 Å². The van der Waals surface area contributed by atoms with Gasteiger partial charge in [0, 0.05) is 11.3 Å². The third-order valence-electron chi connectivity index (χ3n) is 4.93. The van der Waals surface area contributed by atoms with Gasteiger partial charge in [0.1, 0.15) is 17.2 Å². The number of nitrogens with one attached hydrogen (secondary N) is 1. The van der Waals surface area contributed by atoms with Crippen LogP contribution < -0.4 is 9.62 Å². The first kappa shape index (κ1) is 23.6. The Kier molecular flexibility index (Phi) is 6.00. The highest BCUT2D eigenvalue weighted by Crippen LogP contribution is 2.38. The molecule has 1 N–H and O–H groups in total. The Hall–Kier alpha value is -3.06. The van der Waals surface area contributed by atoms with Crippen LogP contribution in [-0.2, 0) is 28.8 Å². The van der Waals surface area contributed by atoms with Crippen molar-refractivity contribution >= 4 is 34.6 Å². The van der Waals surface area contributed by atoms with Crippen LogP contribution in [0.25, 0.3) is 0 Å². The Morgan fingerprint density at radius 3 is 2.34 bits per heavy atom. The minimum absolute atomic E-state index is 0.127. The second kappa shape index (κ2) is 8.13. The van der Waals surface area contributed by atoms with Crippen LogP contribution in [0.15, 0.2) is 36.4 Å². The van der Waals surface area contributed by atoms with Crippen LogP contribution in [0, 0.1) is 11.6 Å². The lowest BCUT2D eigenvalue weighted by Crippen LogP contribution is -2.43. The number of anilines is 2. The van der Waals surface area contributed by atoms with Gasteiger partial charge < -0.3 is 14.2 Å². The molecule has 3 rings (SSSR count). The van der Waals surface area contributed by atoms with Crippen LogP contribution in [0.2, 0.25) is 0 Å². The molecule has 0 radical (unpaired) electrons. The van der Waals surface area contributed by atoms with Crippen LogP contribution in [0.5, 0.6) is 0 Å². The number of carbonyl (C=O) groups excluding carboxylic acids is 2. The van der Waals surface area contributed by atoms with E-state index in [1.54, 1.807) is 0 Å². The van der Waals surface area contributed by atoms with Gasteiger partial charge in [-0.1, -0.05) is 6.07 Å². The molecule has 1 unspecified atom stereocenters. The van der Waals surface area contributed by atoms with E-state index < -0.39 is 57.8 Å². The summed E-state index contributed by atoms with van der Waals surface area (Å²) in [5.74, 6) is -3.22. The highest BCUT2D eigenvalue weighted by atomic mass is 32.2. The predicted molar refractivity (Wildman–Crippen MR) is 103 cm³/mol. The molecule has 2 aromatic rings. The average molecular weight is 476 g/mol. The van der Waals surface area contributed by atoms with Crippen molar-refractivity contribution in [3.63, 3.8) is 0 Å². The highest BCUT2D eigenvalue weighted by molar-refractivity contribution is 7.80. The summed E-state index contributed by atoms with van der Waals surface area (Å²) in [6, 6.07) is 3.78. The van der Waals surface area contributed by atoms with Gasteiger partial charge in [0.05, 0.1) is 23.5 Å². The van der Waals surface area contributed by atoms with Crippen molar-refractivity contribution in [2.75, 3.05) is 9.62 Å². The van der Waals surface area contributed by atoms with E-state index >= 15 is 0 Å². The number of benzene rings is 2. The number of urea groups is 1. The van der Waals surface area contributed by atoms with Gasteiger partial charge in [0.25, 0.3) is 5.91 Å². The first-order valence-electron chi connectivity index (χ1n) is 8.90. The molecule has 1 heterocycles. The number of carbonyl (C=O) groups is 2. The fourth-order valence-electron chi connectivity index (χ4n) is 3.24. The van der Waals surface area contributed by atoms with Crippen molar-refractivity contribution in [3.05, 3.63) is 59.2 Å². The first-order valence-corrected chi connectivity index (χ1v) is 9.98. The SMILES string of the molecule is CC1(C)C(=O)N(c2ccc(F)c(C(F)(F)F)c2)C(=O)N1Cc1ccc(F)cc1NS(=O)[O-]. The van der Waals surface area contributed by atoms with Crippen LogP contribution in [0.4, 0.5) is 38.1 Å². The molecule has 1 aliphatic heterocycles. The zero-order valence-corrected chi connectivity index (χ0v) is 17.3. The zero-order valence-electron chi connectivity index (χ0n) is 16.5. The maximum atomic E-state index is 13.6. The third-order valence-corrected chi connectivity index (χ3v) is 5.32. The molecule has 7 nitrogen and oxygen atoms in total. The van der Waals surface area contributed by atoms with Gasteiger partial charge in [0.15, 0.2) is 0 Å². The second-order valence-electron chi connectivity index (χ2n) is 7.37. The van der Waals surface area contributed by atoms with E-state index in [4.69, 9.17) is 0 Å². The summed E-state index contributed by atoms with van der Waals surface area (Å²) in [5.41, 5.74) is -3.75. The Morgan fingerprint density at radius 1 is 1.09 bits per heavy atom. The summed E-state index contributed by atoms with van der Waals surface area (Å²) in [4.78, 5) is 27.4. The van der Waals surface area contributed by atoms with Crippen LogP contribution >= 0.6 is 0 Å². The fourth-order valence-corrected chi connectivity index (χ4v) is 3.61. The highest BCUT2D eigenvalue weighted by Gasteiger charge is 2.52. The van der Waals surface area contributed by atoms with Gasteiger partial charge in [-0.25, -0.2) is 18.5 Å². The summed E-state index contributed by atoms with van der Waals surface area (Å²) < 4.78 is 90.4. The number of hydrogen-bond donors (Lipinski definition) is 1. The monoisotopic (exact) mass is 476 g/mol. The van der Waals surface area contributed by atoms with Crippen LogP contribution in [0.3, 0.4) is 0 Å². The smallest absolute Gasteiger partial charge is 0.419 e. The number of amides is 3. The van der Waals surface area contributed by atoms with Crippen molar-refractivity contribution in [2.24, 2.45) is 0 Å². The fraction of sp³-hybridized carbons (Fsp3) is 0.263. The van der Waals surface area contributed by atoms with Crippen molar-refractivity contribution in [1.82, 2.24) is 4.90 Å². The number of hydrogen-bond acceptors (Lipinski definition) is 4. The Morgan fingerprint density at radius 2 is 1.75 bits per heavy atom. The largest absolute Gasteiger partial charge is 0.755 e. The summed E-state index contributed by atoms with van der Waals surface area (Å²) in [5, 5.41) is 0. The molecule has 172 valence electrons. The predicted octanol–water partition coefficient (Wildman–Crippen LogP) is 3.94. The van der Waals surface area contributed by atoms with E-state index in [-0.39, 0.29) is 17.8 Å². The van der Waals surface area contributed by atoms with Crippen molar-refractivity contribution in [2.45, 2.75) is 32.1 Å². The number of alkyl halides is 3. The van der Waals surface area contributed by atoms with Crippen LogP contribution in [-0.4, -0.2) is 31.1 Å². The van der Waals surface area contributed by atoms with Crippen molar-refractivity contribution in [1.29, 1.82) is 0 Å². The molecule has 0 spiro atoms. The van der Waals surface area contributed by atoms with E-state index in [2.05, 4.69) is 0 Å². The van der Waals surface area contributed by atoms with Crippen molar-refractivity contribution in [3.8, 4) is 0 Å². The maximum absolute atomic E-state index is 13.6. The minimum atomic E-state index is -5.05. The molecule has 0 saturated carbocycles. The summed E-state index contributed by atoms with van der Waals surface area (Å²) in [7, 11) is 0. The summed E-state index contributed by atoms with van der Waals surface area (Å²) >= 11 is -2.81. The van der Waals surface area contributed by atoms with Gasteiger partial charge in [-0.3, -0.25) is 9.00 Å². The molecule has 0 bridgehead atoms. The molecule has 1 saturated heterocycles.